The number of amides is 1. The van der Waals surface area contributed by atoms with Crippen LogP contribution in [0.25, 0.3) is 0 Å². The summed E-state index contributed by atoms with van der Waals surface area (Å²) in [6.07, 6.45) is 4.46. The molecule has 0 radical (unpaired) electrons. The number of methoxy groups -OCH3 is 2. The fraction of sp³-hybridized carbons (Fsp3) is 0.526. The van der Waals surface area contributed by atoms with E-state index in [0.717, 1.165) is 37.1 Å². The first-order chi connectivity index (χ1) is 14.2. The van der Waals surface area contributed by atoms with Gasteiger partial charge < -0.3 is 24.4 Å². The molecule has 154 valence electrons. The average Bonchev–Trinajstić information content (AvgIpc) is 2.78. The van der Waals surface area contributed by atoms with Gasteiger partial charge in [-0.3, -0.25) is 4.79 Å². The molecule has 2 aliphatic rings. The number of aromatic nitrogens is 4. The molecule has 0 aliphatic carbocycles. The van der Waals surface area contributed by atoms with Gasteiger partial charge in [-0.2, -0.15) is 9.97 Å². The molecular formula is C19H24N6O4. The highest BCUT2D eigenvalue weighted by atomic mass is 16.5. The average molecular weight is 400 g/mol. The second-order valence-corrected chi connectivity index (χ2v) is 6.99. The minimum Gasteiger partial charge on any atom is -0.481 e. The number of carbonyl (C=O) groups excluding carboxylic acids is 1. The van der Waals surface area contributed by atoms with Crippen molar-refractivity contribution in [1.29, 1.82) is 0 Å². The Balaban J connectivity index is 1.44. The summed E-state index contributed by atoms with van der Waals surface area (Å²) in [5, 5.41) is 3.04. The molecule has 2 aliphatic heterocycles. The smallest absolute Gasteiger partial charge is 0.320 e. The van der Waals surface area contributed by atoms with Gasteiger partial charge >= 0.3 is 6.01 Å². The van der Waals surface area contributed by atoms with Crippen molar-refractivity contribution >= 4 is 11.9 Å². The molecule has 1 atom stereocenters. The van der Waals surface area contributed by atoms with Gasteiger partial charge in [-0.15, -0.1) is 0 Å². The molecule has 4 heterocycles. The zero-order chi connectivity index (χ0) is 20.2. The van der Waals surface area contributed by atoms with Crippen molar-refractivity contribution in [3.05, 3.63) is 29.2 Å². The third-order valence-corrected chi connectivity index (χ3v) is 5.03. The maximum Gasteiger partial charge on any atom is 0.320 e. The standard InChI is InChI=1S/C19H24N6O4/c1-27-16-8-15(23-19(24-16)28-2)17(26)21-13-4-3-6-25(10-13)18-20-9-12-11-29-7-5-14(12)22-18/h8-9,13H,3-7,10-11H2,1-2H3,(H,21,26). The number of fused-ring (bicyclic) bond motifs is 1. The first-order valence-corrected chi connectivity index (χ1v) is 9.61. The van der Waals surface area contributed by atoms with Crippen molar-refractivity contribution < 1.29 is 19.0 Å². The van der Waals surface area contributed by atoms with Crippen LogP contribution in [0.3, 0.4) is 0 Å². The molecule has 0 saturated carbocycles. The topological polar surface area (TPSA) is 112 Å². The van der Waals surface area contributed by atoms with E-state index in [0.29, 0.717) is 25.7 Å². The SMILES string of the molecule is COc1cc(C(=O)NC2CCCN(c3ncc4c(n3)CCOC4)C2)nc(OC)n1. The summed E-state index contributed by atoms with van der Waals surface area (Å²) in [6, 6.07) is 1.55. The van der Waals surface area contributed by atoms with E-state index in [2.05, 4.69) is 25.2 Å². The highest BCUT2D eigenvalue weighted by Crippen LogP contribution is 2.21. The number of rotatable bonds is 5. The van der Waals surface area contributed by atoms with Gasteiger partial charge in [0.1, 0.15) is 5.69 Å². The molecule has 10 heteroatoms. The van der Waals surface area contributed by atoms with Gasteiger partial charge in [-0.1, -0.05) is 0 Å². The number of nitrogens with one attached hydrogen (secondary N) is 1. The molecule has 0 aromatic carbocycles. The molecule has 1 fully saturated rings. The number of nitrogens with zero attached hydrogens (tertiary/aromatic N) is 5. The molecule has 1 N–H and O–H groups in total. The van der Waals surface area contributed by atoms with Gasteiger partial charge in [-0.25, -0.2) is 9.97 Å². The fourth-order valence-corrected chi connectivity index (χ4v) is 3.52. The molecule has 4 rings (SSSR count). The Morgan fingerprint density at radius 1 is 1.28 bits per heavy atom. The zero-order valence-corrected chi connectivity index (χ0v) is 16.6. The maximum absolute atomic E-state index is 12.7. The van der Waals surface area contributed by atoms with Crippen LogP contribution in [0.5, 0.6) is 11.9 Å². The first kappa shape index (κ1) is 19.3. The second-order valence-electron chi connectivity index (χ2n) is 6.99. The summed E-state index contributed by atoms with van der Waals surface area (Å²) in [4.78, 5) is 32.2. The Bertz CT molecular complexity index is 871. The second kappa shape index (κ2) is 8.56. The van der Waals surface area contributed by atoms with Crippen LogP contribution >= 0.6 is 0 Å². The number of ether oxygens (including phenoxy) is 3. The summed E-state index contributed by atoms with van der Waals surface area (Å²) in [7, 11) is 2.92. The Morgan fingerprint density at radius 3 is 3.00 bits per heavy atom. The van der Waals surface area contributed by atoms with E-state index in [1.807, 2.05) is 6.20 Å². The van der Waals surface area contributed by atoms with Crippen LogP contribution in [0.2, 0.25) is 0 Å². The maximum atomic E-state index is 12.7. The number of anilines is 1. The summed E-state index contributed by atoms with van der Waals surface area (Å²) in [6.45, 7) is 2.76. The third-order valence-electron chi connectivity index (χ3n) is 5.03. The highest BCUT2D eigenvalue weighted by Gasteiger charge is 2.25. The minimum absolute atomic E-state index is 0.0360. The minimum atomic E-state index is -0.292. The third kappa shape index (κ3) is 4.37. The molecule has 10 nitrogen and oxygen atoms in total. The van der Waals surface area contributed by atoms with Crippen molar-refractivity contribution in [3.63, 3.8) is 0 Å². The lowest BCUT2D eigenvalue weighted by atomic mass is 10.1. The van der Waals surface area contributed by atoms with Crippen molar-refractivity contribution in [2.75, 3.05) is 38.8 Å². The highest BCUT2D eigenvalue weighted by molar-refractivity contribution is 5.92. The van der Waals surface area contributed by atoms with Crippen molar-refractivity contribution in [1.82, 2.24) is 25.3 Å². The zero-order valence-electron chi connectivity index (χ0n) is 16.6. The normalized spacial score (nSPS) is 18.7. The monoisotopic (exact) mass is 400 g/mol. The van der Waals surface area contributed by atoms with Crippen LogP contribution in [0.1, 0.15) is 34.6 Å². The predicted molar refractivity (Wildman–Crippen MR) is 103 cm³/mol. The molecule has 0 bridgehead atoms. The largest absolute Gasteiger partial charge is 0.481 e. The van der Waals surface area contributed by atoms with Crippen molar-refractivity contribution in [3.8, 4) is 11.9 Å². The van der Waals surface area contributed by atoms with E-state index in [-0.39, 0.29) is 29.5 Å². The molecule has 2 aromatic heterocycles. The lowest BCUT2D eigenvalue weighted by molar-refractivity contribution is 0.0926. The Labute approximate surface area is 168 Å². The molecular weight excluding hydrogens is 376 g/mol. The van der Waals surface area contributed by atoms with Crippen LogP contribution < -0.4 is 19.7 Å². The van der Waals surface area contributed by atoms with Crippen LogP contribution in [0, 0.1) is 0 Å². The van der Waals surface area contributed by atoms with Gasteiger partial charge in [0.15, 0.2) is 0 Å². The Morgan fingerprint density at radius 2 is 2.17 bits per heavy atom. The van der Waals surface area contributed by atoms with Crippen LogP contribution in [-0.4, -0.2) is 65.8 Å². The van der Waals surface area contributed by atoms with E-state index < -0.39 is 0 Å². The molecule has 0 spiro atoms. The number of piperidine rings is 1. The van der Waals surface area contributed by atoms with E-state index in [1.54, 1.807) is 0 Å². The summed E-state index contributed by atoms with van der Waals surface area (Å²) in [5.41, 5.74) is 2.30. The lowest BCUT2D eigenvalue weighted by Gasteiger charge is -2.33. The molecule has 1 saturated heterocycles. The van der Waals surface area contributed by atoms with Crippen LogP contribution in [0.4, 0.5) is 5.95 Å². The fourth-order valence-electron chi connectivity index (χ4n) is 3.52. The van der Waals surface area contributed by atoms with Crippen LogP contribution in [0.15, 0.2) is 12.3 Å². The van der Waals surface area contributed by atoms with Gasteiger partial charge in [0.25, 0.3) is 5.91 Å². The molecule has 1 unspecified atom stereocenters. The van der Waals surface area contributed by atoms with Gasteiger partial charge in [-0.05, 0) is 12.8 Å². The molecule has 2 aromatic rings. The quantitative estimate of drug-likeness (QED) is 0.777. The van der Waals surface area contributed by atoms with Gasteiger partial charge in [0, 0.05) is 43.4 Å². The van der Waals surface area contributed by atoms with Crippen molar-refractivity contribution in [2.24, 2.45) is 0 Å². The van der Waals surface area contributed by atoms with Crippen LogP contribution in [-0.2, 0) is 17.8 Å². The number of hydrogen-bond donors (Lipinski definition) is 1. The Hall–Kier alpha value is -3.01. The summed E-state index contributed by atoms with van der Waals surface area (Å²) in [5.74, 6) is 0.688. The predicted octanol–water partition coefficient (Wildman–Crippen LogP) is 0.755. The van der Waals surface area contributed by atoms with E-state index in [1.165, 1.54) is 20.3 Å². The molecule has 29 heavy (non-hydrogen) atoms. The number of carbonyl (C=O) groups is 1. The number of hydrogen-bond acceptors (Lipinski definition) is 9. The molecule has 1 amide bonds. The van der Waals surface area contributed by atoms with Crippen molar-refractivity contribution in [2.45, 2.75) is 31.9 Å². The van der Waals surface area contributed by atoms with Gasteiger partial charge in [0.05, 0.1) is 33.1 Å². The summed E-state index contributed by atoms with van der Waals surface area (Å²) >= 11 is 0. The Kier molecular flexibility index (Phi) is 5.70. The van der Waals surface area contributed by atoms with E-state index in [9.17, 15) is 4.79 Å². The first-order valence-electron chi connectivity index (χ1n) is 9.61. The van der Waals surface area contributed by atoms with E-state index in [4.69, 9.17) is 19.2 Å². The summed E-state index contributed by atoms with van der Waals surface area (Å²) < 4.78 is 15.6. The van der Waals surface area contributed by atoms with E-state index >= 15 is 0 Å². The lowest BCUT2D eigenvalue weighted by Crippen LogP contribution is -2.48. The van der Waals surface area contributed by atoms with Gasteiger partial charge in [0.2, 0.25) is 11.8 Å².